The van der Waals surface area contributed by atoms with Crippen LogP contribution in [0.5, 0.6) is 0 Å². The van der Waals surface area contributed by atoms with Crippen LogP contribution in [-0.4, -0.2) is 23.3 Å². The molecule has 2 aliphatic rings. The van der Waals surface area contributed by atoms with Crippen LogP contribution in [0.1, 0.15) is 50.0 Å². The van der Waals surface area contributed by atoms with Crippen molar-refractivity contribution in [2.45, 2.75) is 51.5 Å². The summed E-state index contributed by atoms with van der Waals surface area (Å²) < 4.78 is 5.73. The molecule has 0 bridgehead atoms. The second-order valence-corrected chi connectivity index (χ2v) is 7.07. The summed E-state index contributed by atoms with van der Waals surface area (Å²) in [5.41, 5.74) is 2.56. The number of aromatic nitrogens is 2. The zero-order valence-electron chi connectivity index (χ0n) is 14.2. The lowest BCUT2D eigenvalue weighted by atomic mass is 10.0. The molecule has 5 heteroatoms. The Labute approximate surface area is 143 Å². The van der Waals surface area contributed by atoms with Crippen LogP contribution >= 0.6 is 0 Å². The molecular weight excluding hydrogens is 300 g/mol. The van der Waals surface area contributed by atoms with Crippen molar-refractivity contribution in [2.75, 3.05) is 23.3 Å². The highest BCUT2D eigenvalue weighted by atomic mass is 16.4. The first-order valence-electron chi connectivity index (χ1n) is 9.27. The van der Waals surface area contributed by atoms with Gasteiger partial charge in [-0.1, -0.05) is 30.1 Å². The molecular formula is C19H26N4O. The molecule has 24 heavy (non-hydrogen) atoms. The smallest absolute Gasteiger partial charge is 0.315 e. The number of nitrogens with one attached hydrogen (secondary N) is 1. The van der Waals surface area contributed by atoms with Crippen LogP contribution in [0, 0.1) is 5.92 Å². The molecule has 0 unspecified atom stereocenters. The van der Waals surface area contributed by atoms with Crippen LogP contribution in [0.25, 0.3) is 0 Å². The van der Waals surface area contributed by atoms with Gasteiger partial charge in [0.2, 0.25) is 5.89 Å². The molecule has 1 N–H and O–H groups in total. The van der Waals surface area contributed by atoms with E-state index in [-0.39, 0.29) is 0 Å². The van der Waals surface area contributed by atoms with Gasteiger partial charge in [-0.25, -0.2) is 0 Å². The van der Waals surface area contributed by atoms with Crippen LogP contribution in [0.4, 0.5) is 11.7 Å². The second-order valence-electron chi connectivity index (χ2n) is 7.07. The van der Waals surface area contributed by atoms with E-state index in [0.29, 0.717) is 12.6 Å². The minimum atomic E-state index is 0.534. The number of benzene rings is 1. The highest BCUT2D eigenvalue weighted by molar-refractivity contribution is 5.48. The highest BCUT2D eigenvalue weighted by Gasteiger charge is 2.18. The van der Waals surface area contributed by atoms with Gasteiger partial charge in [0, 0.05) is 31.7 Å². The fraction of sp³-hybridized carbons (Fsp3) is 0.579. The first-order valence-corrected chi connectivity index (χ1v) is 9.27. The van der Waals surface area contributed by atoms with Gasteiger partial charge in [0.15, 0.2) is 0 Å². The molecule has 1 saturated heterocycles. The van der Waals surface area contributed by atoms with Crippen molar-refractivity contribution in [3.8, 4) is 0 Å². The maximum atomic E-state index is 5.73. The summed E-state index contributed by atoms with van der Waals surface area (Å²) in [5, 5.41) is 11.5. The number of rotatable bonds is 6. The predicted molar refractivity (Wildman–Crippen MR) is 95.2 cm³/mol. The van der Waals surface area contributed by atoms with Gasteiger partial charge in [0.1, 0.15) is 0 Å². The summed E-state index contributed by atoms with van der Waals surface area (Å²) in [6.45, 7) is 3.08. The summed E-state index contributed by atoms with van der Waals surface area (Å²) in [6, 6.07) is 9.31. The van der Waals surface area contributed by atoms with E-state index in [0.717, 1.165) is 18.2 Å². The van der Waals surface area contributed by atoms with Gasteiger partial charge >= 0.3 is 6.01 Å². The number of hydrogen-bond donors (Lipinski definition) is 1. The zero-order chi connectivity index (χ0) is 16.2. The topological polar surface area (TPSA) is 54.2 Å². The van der Waals surface area contributed by atoms with E-state index in [1.165, 1.54) is 62.9 Å². The van der Waals surface area contributed by atoms with Crippen LogP contribution < -0.4 is 10.2 Å². The van der Waals surface area contributed by atoms with Gasteiger partial charge in [0.25, 0.3) is 0 Å². The molecule has 1 aromatic carbocycles. The molecule has 5 nitrogen and oxygen atoms in total. The van der Waals surface area contributed by atoms with Crippen LogP contribution in [0.3, 0.4) is 0 Å². The lowest BCUT2D eigenvalue weighted by molar-refractivity contribution is 0.437. The van der Waals surface area contributed by atoms with E-state index in [4.69, 9.17) is 4.42 Å². The molecule has 1 aliphatic carbocycles. The molecule has 2 aromatic rings. The van der Waals surface area contributed by atoms with Crippen molar-refractivity contribution in [3.63, 3.8) is 0 Å². The summed E-state index contributed by atoms with van der Waals surface area (Å²) in [7, 11) is 0. The van der Waals surface area contributed by atoms with Crippen molar-refractivity contribution >= 4 is 11.7 Å². The first-order chi connectivity index (χ1) is 11.9. The van der Waals surface area contributed by atoms with Crippen LogP contribution in [0.15, 0.2) is 28.7 Å². The quantitative estimate of drug-likeness (QED) is 0.869. The maximum absolute atomic E-state index is 5.73. The molecule has 0 amide bonds. The fourth-order valence-electron chi connectivity index (χ4n) is 3.85. The van der Waals surface area contributed by atoms with E-state index >= 15 is 0 Å². The summed E-state index contributed by atoms with van der Waals surface area (Å²) in [5.74, 6) is 1.50. The Bertz CT molecular complexity index is 640. The molecule has 2 heterocycles. The third-order valence-corrected chi connectivity index (χ3v) is 5.26. The van der Waals surface area contributed by atoms with Crippen molar-refractivity contribution in [3.05, 3.63) is 35.7 Å². The number of hydrogen-bond acceptors (Lipinski definition) is 5. The summed E-state index contributed by atoms with van der Waals surface area (Å²) in [4.78, 5) is 2.45. The van der Waals surface area contributed by atoms with Gasteiger partial charge in [-0.2, -0.15) is 0 Å². The number of anilines is 2. The number of nitrogens with zero attached hydrogens (tertiary/aromatic N) is 3. The van der Waals surface area contributed by atoms with Gasteiger partial charge in [-0.05, 0) is 49.3 Å². The lowest BCUT2D eigenvalue weighted by Gasteiger charge is -2.17. The van der Waals surface area contributed by atoms with E-state index in [1.54, 1.807) is 0 Å². The standard InChI is InChI=1S/C19H26N4O/c1-2-6-15(5-1)13-18-21-22-19(24-18)20-14-16-7-9-17(10-8-16)23-11-3-4-12-23/h7-10,15H,1-6,11-14H2,(H,20,22). The Morgan fingerprint density at radius 1 is 1.00 bits per heavy atom. The zero-order valence-corrected chi connectivity index (χ0v) is 14.2. The summed E-state index contributed by atoms with van der Waals surface area (Å²) in [6.07, 6.45) is 8.84. The SMILES string of the molecule is c1cc(N2CCCC2)ccc1CNc1nnc(CC2CCCC2)o1. The van der Waals surface area contributed by atoms with Crippen molar-refractivity contribution in [2.24, 2.45) is 5.92 Å². The van der Waals surface area contributed by atoms with Gasteiger partial charge < -0.3 is 14.6 Å². The summed E-state index contributed by atoms with van der Waals surface area (Å²) >= 11 is 0. The van der Waals surface area contributed by atoms with Crippen LogP contribution in [0.2, 0.25) is 0 Å². The molecule has 0 atom stereocenters. The minimum absolute atomic E-state index is 0.534. The average molecular weight is 326 g/mol. The molecule has 4 rings (SSSR count). The van der Waals surface area contributed by atoms with Crippen molar-refractivity contribution in [1.82, 2.24) is 10.2 Å². The lowest BCUT2D eigenvalue weighted by Crippen LogP contribution is -2.17. The molecule has 1 saturated carbocycles. The third-order valence-electron chi connectivity index (χ3n) is 5.26. The Morgan fingerprint density at radius 3 is 2.50 bits per heavy atom. The normalized spacial score (nSPS) is 18.4. The van der Waals surface area contributed by atoms with Gasteiger partial charge in [0.05, 0.1) is 0 Å². The maximum Gasteiger partial charge on any atom is 0.315 e. The van der Waals surface area contributed by atoms with Crippen LogP contribution in [-0.2, 0) is 13.0 Å². The molecule has 1 aromatic heterocycles. The first kappa shape index (κ1) is 15.5. The molecule has 0 radical (unpaired) electrons. The largest absolute Gasteiger partial charge is 0.408 e. The highest BCUT2D eigenvalue weighted by Crippen LogP contribution is 2.28. The molecule has 1 aliphatic heterocycles. The third kappa shape index (κ3) is 3.71. The molecule has 0 spiro atoms. The Hall–Kier alpha value is -2.04. The van der Waals surface area contributed by atoms with E-state index in [2.05, 4.69) is 44.7 Å². The fourth-order valence-corrected chi connectivity index (χ4v) is 3.85. The minimum Gasteiger partial charge on any atom is -0.408 e. The van der Waals surface area contributed by atoms with E-state index in [9.17, 15) is 0 Å². The second kappa shape index (κ2) is 7.24. The Kier molecular flexibility index (Phi) is 4.67. The van der Waals surface area contributed by atoms with Gasteiger partial charge in [-0.15, -0.1) is 5.10 Å². The Morgan fingerprint density at radius 2 is 1.75 bits per heavy atom. The van der Waals surface area contributed by atoms with E-state index in [1.807, 2.05) is 0 Å². The van der Waals surface area contributed by atoms with Crippen molar-refractivity contribution < 1.29 is 4.42 Å². The van der Waals surface area contributed by atoms with Gasteiger partial charge in [-0.3, -0.25) is 0 Å². The molecule has 2 fully saturated rings. The van der Waals surface area contributed by atoms with E-state index < -0.39 is 0 Å². The Balaban J connectivity index is 1.29. The molecule has 128 valence electrons. The monoisotopic (exact) mass is 326 g/mol. The van der Waals surface area contributed by atoms with Crippen molar-refractivity contribution in [1.29, 1.82) is 0 Å². The predicted octanol–water partition coefficient (Wildman–Crippen LogP) is 4.01. The average Bonchev–Trinajstić information content (AvgIpc) is 3.37.